The van der Waals surface area contributed by atoms with Gasteiger partial charge >= 0.3 is 5.97 Å². The zero-order chi connectivity index (χ0) is 18.9. The Labute approximate surface area is 155 Å². The molecule has 26 heavy (non-hydrogen) atoms. The molecular formula is C18H17ClN2O5. The van der Waals surface area contributed by atoms with Crippen LogP contribution >= 0.6 is 11.6 Å². The molecule has 7 nitrogen and oxygen atoms in total. The molecule has 0 atom stereocenters. The van der Waals surface area contributed by atoms with E-state index in [0.717, 1.165) is 0 Å². The van der Waals surface area contributed by atoms with Crippen LogP contribution in [-0.4, -0.2) is 38.9 Å². The Morgan fingerprint density at radius 1 is 1.12 bits per heavy atom. The Bertz CT molecular complexity index is 806. The first kappa shape index (κ1) is 19.3. The van der Waals surface area contributed by atoms with Crippen LogP contribution in [0.3, 0.4) is 0 Å². The van der Waals surface area contributed by atoms with Crippen LogP contribution in [0.25, 0.3) is 0 Å². The number of nitrogens with zero attached hydrogens (tertiary/aromatic N) is 1. The molecule has 0 aliphatic rings. The molecule has 0 bridgehead atoms. The van der Waals surface area contributed by atoms with E-state index in [0.29, 0.717) is 27.6 Å². The molecule has 0 fully saturated rings. The molecule has 0 saturated heterocycles. The zero-order valence-electron chi connectivity index (χ0n) is 14.2. The van der Waals surface area contributed by atoms with Gasteiger partial charge in [-0.2, -0.15) is 5.10 Å². The molecule has 136 valence electrons. The minimum Gasteiger partial charge on any atom is -0.493 e. The maximum atomic E-state index is 11.9. The van der Waals surface area contributed by atoms with E-state index < -0.39 is 5.97 Å². The average Bonchev–Trinajstić information content (AvgIpc) is 2.66. The predicted molar refractivity (Wildman–Crippen MR) is 97.0 cm³/mol. The minimum absolute atomic E-state index is 0.225. The van der Waals surface area contributed by atoms with Gasteiger partial charge in [-0.15, -0.1) is 0 Å². The highest BCUT2D eigenvalue weighted by atomic mass is 35.5. The second-order valence-electron chi connectivity index (χ2n) is 4.98. The normalized spacial score (nSPS) is 10.4. The van der Waals surface area contributed by atoms with Gasteiger partial charge in [-0.05, 0) is 48.0 Å². The first-order valence-electron chi connectivity index (χ1n) is 7.50. The molecule has 0 radical (unpaired) electrons. The molecule has 1 N–H and O–H groups in total. The lowest BCUT2D eigenvalue weighted by Crippen LogP contribution is -2.17. The first-order chi connectivity index (χ1) is 12.5. The third kappa shape index (κ3) is 5.49. The molecule has 0 spiro atoms. The summed E-state index contributed by atoms with van der Waals surface area (Å²) in [6.45, 7) is -0.225. The first-order valence-corrected chi connectivity index (χ1v) is 7.88. The molecule has 1 amide bonds. The van der Waals surface area contributed by atoms with E-state index in [9.17, 15) is 9.59 Å². The Kier molecular flexibility index (Phi) is 6.99. The van der Waals surface area contributed by atoms with Crippen LogP contribution in [0.15, 0.2) is 47.6 Å². The van der Waals surface area contributed by atoms with Crippen LogP contribution in [0.4, 0.5) is 0 Å². The lowest BCUT2D eigenvalue weighted by molar-refractivity contribution is -0.142. The van der Waals surface area contributed by atoms with Crippen LogP contribution in [-0.2, 0) is 9.53 Å². The summed E-state index contributed by atoms with van der Waals surface area (Å²) in [5, 5.41) is 4.45. The SMILES string of the molecule is COC(=O)COc1ccc(/C=N\NC(=O)c2ccc(Cl)cc2)cc1OC. The van der Waals surface area contributed by atoms with E-state index in [2.05, 4.69) is 15.3 Å². The molecular weight excluding hydrogens is 360 g/mol. The Hall–Kier alpha value is -3.06. The fraction of sp³-hybridized carbons (Fsp3) is 0.167. The Balaban J connectivity index is 2.00. The smallest absolute Gasteiger partial charge is 0.343 e. The predicted octanol–water partition coefficient (Wildman–Crippen LogP) is 2.66. The number of hydrogen-bond donors (Lipinski definition) is 1. The van der Waals surface area contributed by atoms with E-state index in [1.54, 1.807) is 42.5 Å². The lowest BCUT2D eigenvalue weighted by atomic mass is 10.2. The topological polar surface area (TPSA) is 86.2 Å². The number of hydrogen-bond acceptors (Lipinski definition) is 6. The number of carbonyl (C=O) groups excluding carboxylic acids is 2. The molecule has 0 aromatic heterocycles. The summed E-state index contributed by atoms with van der Waals surface area (Å²) >= 11 is 5.78. The van der Waals surface area contributed by atoms with Gasteiger partial charge in [0.2, 0.25) is 0 Å². The van der Waals surface area contributed by atoms with Crippen LogP contribution < -0.4 is 14.9 Å². The van der Waals surface area contributed by atoms with Crippen molar-refractivity contribution < 1.29 is 23.8 Å². The van der Waals surface area contributed by atoms with Gasteiger partial charge in [0.15, 0.2) is 18.1 Å². The van der Waals surface area contributed by atoms with Gasteiger partial charge in [-0.1, -0.05) is 11.6 Å². The highest BCUT2D eigenvalue weighted by Crippen LogP contribution is 2.27. The third-order valence-corrected chi connectivity index (χ3v) is 3.50. The number of halogens is 1. The van der Waals surface area contributed by atoms with Crippen molar-refractivity contribution in [1.29, 1.82) is 0 Å². The third-order valence-electron chi connectivity index (χ3n) is 3.25. The van der Waals surface area contributed by atoms with Crippen molar-refractivity contribution in [1.82, 2.24) is 5.43 Å². The van der Waals surface area contributed by atoms with Crippen molar-refractivity contribution in [2.45, 2.75) is 0 Å². The molecule has 2 aromatic carbocycles. The Morgan fingerprint density at radius 2 is 1.85 bits per heavy atom. The van der Waals surface area contributed by atoms with Gasteiger partial charge in [0, 0.05) is 10.6 Å². The summed E-state index contributed by atoms with van der Waals surface area (Å²) in [6, 6.07) is 11.4. The maximum Gasteiger partial charge on any atom is 0.343 e. The van der Waals surface area contributed by atoms with Gasteiger partial charge in [-0.25, -0.2) is 10.2 Å². The van der Waals surface area contributed by atoms with E-state index in [1.807, 2.05) is 0 Å². The van der Waals surface area contributed by atoms with E-state index in [4.69, 9.17) is 21.1 Å². The summed E-state index contributed by atoms with van der Waals surface area (Å²) in [5.74, 6) is -0.0485. The summed E-state index contributed by atoms with van der Waals surface area (Å²) in [4.78, 5) is 23.1. The molecule has 2 aromatic rings. The number of esters is 1. The number of carbonyl (C=O) groups is 2. The van der Waals surface area contributed by atoms with E-state index in [-0.39, 0.29) is 12.5 Å². The minimum atomic E-state index is -0.498. The van der Waals surface area contributed by atoms with Gasteiger partial charge in [0.05, 0.1) is 20.4 Å². The molecule has 0 saturated carbocycles. The lowest BCUT2D eigenvalue weighted by Gasteiger charge is -2.10. The number of rotatable bonds is 7. The van der Waals surface area contributed by atoms with Crippen molar-refractivity contribution in [2.75, 3.05) is 20.8 Å². The molecule has 2 rings (SSSR count). The van der Waals surface area contributed by atoms with Crippen LogP contribution in [0.5, 0.6) is 11.5 Å². The molecule has 0 aliphatic heterocycles. The number of amides is 1. The number of hydrazone groups is 1. The fourth-order valence-corrected chi connectivity index (χ4v) is 2.04. The molecule has 0 aliphatic carbocycles. The van der Waals surface area contributed by atoms with Crippen LogP contribution in [0.2, 0.25) is 5.02 Å². The van der Waals surface area contributed by atoms with Crippen molar-refractivity contribution in [3.8, 4) is 11.5 Å². The van der Waals surface area contributed by atoms with Gasteiger partial charge in [0.25, 0.3) is 5.91 Å². The quantitative estimate of drug-likeness (QED) is 0.456. The molecule has 0 heterocycles. The van der Waals surface area contributed by atoms with Gasteiger partial charge in [0.1, 0.15) is 0 Å². The summed E-state index contributed by atoms with van der Waals surface area (Å²) in [5.41, 5.74) is 3.53. The summed E-state index contributed by atoms with van der Waals surface area (Å²) < 4.78 is 15.1. The van der Waals surface area contributed by atoms with E-state index in [1.165, 1.54) is 20.4 Å². The van der Waals surface area contributed by atoms with Crippen molar-refractivity contribution >= 4 is 29.7 Å². The monoisotopic (exact) mass is 376 g/mol. The molecule has 8 heteroatoms. The number of benzene rings is 2. The number of nitrogens with one attached hydrogen (secondary N) is 1. The average molecular weight is 377 g/mol. The molecule has 0 unspecified atom stereocenters. The van der Waals surface area contributed by atoms with Crippen molar-refractivity contribution in [3.05, 3.63) is 58.6 Å². The second kappa shape index (κ2) is 9.43. The standard InChI is InChI=1S/C18H17ClN2O5/c1-24-16-9-12(3-8-15(16)26-11-17(22)25-2)10-20-21-18(23)13-4-6-14(19)7-5-13/h3-10H,11H2,1-2H3,(H,21,23)/b20-10-. The number of ether oxygens (including phenoxy) is 3. The largest absolute Gasteiger partial charge is 0.493 e. The maximum absolute atomic E-state index is 11.9. The number of methoxy groups -OCH3 is 2. The highest BCUT2D eigenvalue weighted by molar-refractivity contribution is 6.30. The fourth-order valence-electron chi connectivity index (χ4n) is 1.91. The van der Waals surface area contributed by atoms with Gasteiger partial charge < -0.3 is 14.2 Å². The van der Waals surface area contributed by atoms with Crippen molar-refractivity contribution in [3.63, 3.8) is 0 Å². The van der Waals surface area contributed by atoms with Crippen molar-refractivity contribution in [2.24, 2.45) is 5.10 Å². The summed E-state index contributed by atoms with van der Waals surface area (Å²) in [6.07, 6.45) is 1.46. The van der Waals surface area contributed by atoms with Crippen LogP contribution in [0, 0.1) is 0 Å². The highest BCUT2D eigenvalue weighted by Gasteiger charge is 2.08. The second-order valence-corrected chi connectivity index (χ2v) is 5.42. The zero-order valence-corrected chi connectivity index (χ0v) is 14.9. The van der Waals surface area contributed by atoms with Crippen LogP contribution in [0.1, 0.15) is 15.9 Å². The Morgan fingerprint density at radius 3 is 2.50 bits per heavy atom. The summed E-state index contributed by atoms with van der Waals surface area (Å²) in [7, 11) is 2.75. The van der Waals surface area contributed by atoms with E-state index >= 15 is 0 Å². The van der Waals surface area contributed by atoms with Gasteiger partial charge in [-0.3, -0.25) is 4.79 Å².